The quantitative estimate of drug-likeness (QED) is 0.156. The predicted octanol–water partition coefficient (Wildman–Crippen LogP) is 17.7. The van der Waals surface area contributed by atoms with Crippen LogP contribution in [0.2, 0.25) is 0 Å². The Labute approximate surface area is 379 Å². The minimum absolute atomic E-state index is 0.834. The molecule has 0 N–H and O–H groups in total. The van der Waals surface area contributed by atoms with Crippen LogP contribution in [0.5, 0.6) is 0 Å². The molecule has 0 fully saturated rings. The first-order valence-corrected chi connectivity index (χ1v) is 22.5. The maximum atomic E-state index is 7.13. The highest BCUT2D eigenvalue weighted by Crippen LogP contribution is 2.50. The summed E-state index contributed by atoms with van der Waals surface area (Å²) in [7, 11) is 0. The Morgan fingerprint density at radius 2 is 0.909 bits per heavy atom. The van der Waals surface area contributed by atoms with Crippen molar-refractivity contribution in [1.82, 2.24) is 4.57 Å². The Morgan fingerprint density at radius 3 is 1.71 bits per heavy atom. The summed E-state index contributed by atoms with van der Waals surface area (Å²) in [6, 6.07) is 82.7. The lowest BCUT2D eigenvalue weighted by Gasteiger charge is -2.29. The Bertz CT molecular complexity index is 4210. The van der Waals surface area contributed by atoms with Crippen LogP contribution in [0.3, 0.4) is 0 Å². The number of nitrogens with zero attached hydrogens (tertiary/aromatic N) is 2. The number of hydrogen-bond donors (Lipinski definition) is 0. The fourth-order valence-corrected chi connectivity index (χ4v) is 10.7. The van der Waals surface area contributed by atoms with Crippen LogP contribution < -0.4 is 4.90 Å². The third kappa shape index (κ3) is 5.39. The lowest BCUT2D eigenvalue weighted by molar-refractivity contribution is 0.669. The minimum Gasteiger partial charge on any atom is -0.455 e. The van der Waals surface area contributed by atoms with Crippen LogP contribution >= 0.6 is 0 Å². The summed E-state index contributed by atoms with van der Waals surface area (Å²) >= 11 is 0. The van der Waals surface area contributed by atoms with Crippen molar-refractivity contribution in [3.05, 3.63) is 231 Å². The van der Waals surface area contributed by atoms with Gasteiger partial charge in [-0.2, -0.15) is 0 Å². The highest BCUT2D eigenvalue weighted by atomic mass is 16.3. The van der Waals surface area contributed by atoms with Crippen molar-refractivity contribution in [3.63, 3.8) is 0 Å². The van der Waals surface area contributed by atoms with Crippen LogP contribution in [0.4, 0.5) is 17.1 Å². The summed E-state index contributed by atoms with van der Waals surface area (Å²) in [5, 5.41) is 11.5. The number of anilines is 3. The molecule has 0 aliphatic heterocycles. The van der Waals surface area contributed by atoms with Crippen LogP contribution in [-0.2, 0) is 0 Å². The fraction of sp³-hybridized carbons (Fsp3) is 0. The van der Waals surface area contributed by atoms with E-state index in [0.717, 1.165) is 105 Å². The van der Waals surface area contributed by atoms with Gasteiger partial charge in [0.15, 0.2) is 0 Å². The van der Waals surface area contributed by atoms with E-state index in [1.165, 1.54) is 26.9 Å². The van der Waals surface area contributed by atoms with E-state index in [4.69, 9.17) is 8.83 Å². The van der Waals surface area contributed by atoms with Gasteiger partial charge in [0.2, 0.25) is 0 Å². The molecule has 3 aromatic heterocycles. The summed E-state index contributed by atoms with van der Waals surface area (Å²) in [5.41, 5.74) is 14.2. The summed E-state index contributed by atoms with van der Waals surface area (Å²) in [6.45, 7) is 0. The SMILES string of the molecule is c1cc(-c2cccc3c2oc2ccccc23)cc(N(c2cc3ccccc3c3ccccc23)c2ccc(-c3ccccc3-n3c4ccccc4c4ccccc43)c3oc4ccccc4c23)c1. The first kappa shape index (κ1) is 36.6. The van der Waals surface area contributed by atoms with Crippen LogP contribution in [-0.4, -0.2) is 4.57 Å². The van der Waals surface area contributed by atoms with Crippen LogP contribution in [0, 0.1) is 0 Å². The Balaban J connectivity index is 1.06. The van der Waals surface area contributed by atoms with E-state index >= 15 is 0 Å². The summed E-state index contributed by atoms with van der Waals surface area (Å²) in [6.07, 6.45) is 0. The second kappa shape index (κ2) is 14.3. The highest BCUT2D eigenvalue weighted by Gasteiger charge is 2.26. The number of para-hydroxylation sites is 6. The van der Waals surface area contributed by atoms with E-state index in [-0.39, 0.29) is 0 Å². The van der Waals surface area contributed by atoms with E-state index in [2.05, 4.69) is 228 Å². The molecule has 14 aromatic rings. The Kier molecular flexibility index (Phi) is 7.95. The maximum Gasteiger partial charge on any atom is 0.145 e. The lowest BCUT2D eigenvalue weighted by atomic mass is 9.96. The molecule has 0 aliphatic carbocycles. The number of furan rings is 2. The molecule has 0 saturated carbocycles. The monoisotopic (exact) mass is 842 g/mol. The minimum atomic E-state index is 0.834. The third-order valence-electron chi connectivity index (χ3n) is 13.6. The van der Waals surface area contributed by atoms with Crippen LogP contribution in [0.15, 0.2) is 239 Å². The van der Waals surface area contributed by atoms with Crippen molar-refractivity contribution < 1.29 is 8.83 Å². The molecule has 4 heteroatoms. The van der Waals surface area contributed by atoms with Gasteiger partial charge in [-0.25, -0.2) is 0 Å². The average molecular weight is 843 g/mol. The summed E-state index contributed by atoms with van der Waals surface area (Å²) < 4.78 is 16.2. The van der Waals surface area contributed by atoms with E-state index in [9.17, 15) is 0 Å². The standard InChI is InChI=1S/C62H38N2O2/c1-2-20-42-40(17-1)38-57(45-22-4-3-21-44(42)45)63(41-19-15-18-39(37-41)43-28-16-29-50-49-26-8-13-33-58(49)65-61(43)50)56-36-35-51(62-60(56)52-27-9-14-34-59(52)66-62)48-25-7-12-32-55(48)64-53-30-10-5-23-46(53)47-24-6-11-31-54(47)64/h1-38H. The van der Waals surface area contributed by atoms with Crippen molar-refractivity contribution >= 4 is 104 Å². The molecular formula is C62H38N2O2. The van der Waals surface area contributed by atoms with Gasteiger partial charge in [0.1, 0.15) is 22.3 Å². The second-order valence-electron chi connectivity index (χ2n) is 17.2. The van der Waals surface area contributed by atoms with Gasteiger partial charge in [-0.05, 0) is 82.4 Å². The van der Waals surface area contributed by atoms with Crippen molar-refractivity contribution in [1.29, 1.82) is 0 Å². The first-order valence-electron chi connectivity index (χ1n) is 22.5. The van der Waals surface area contributed by atoms with Gasteiger partial charge in [0.25, 0.3) is 0 Å². The zero-order valence-corrected chi connectivity index (χ0v) is 35.7. The van der Waals surface area contributed by atoms with Crippen molar-refractivity contribution in [3.8, 4) is 27.9 Å². The predicted molar refractivity (Wildman–Crippen MR) is 276 cm³/mol. The van der Waals surface area contributed by atoms with E-state index in [1.54, 1.807) is 0 Å². The first-order chi connectivity index (χ1) is 32.8. The molecule has 0 atom stereocenters. The molecule has 0 aliphatic rings. The van der Waals surface area contributed by atoms with Gasteiger partial charge in [-0.1, -0.05) is 170 Å². The molecule has 0 unspecified atom stereocenters. The average Bonchev–Trinajstić information content (AvgIpc) is 4.07. The summed E-state index contributed by atoms with van der Waals surface area (Å²) in [4.78, 5) is 2.45. The van der Waals surface area contributed by atoms with E-state index in [1.807, 2.05) is 12.1 Å². The molecule has 66 heavy (non-hydrogen) atoms. The highest BCUT2D eigenvalue weighted by molar-refractivity contribution is 6.21. The molecule has 308 valence electrons. The Hall–Kier alpha value is -8.86. The third-order valence-corrected chi connectivity index (χ3v) is 13.6. The van der Waals surface area contributed by atoms with Gasteiger partial charge < -0.3 is 18.3 Å². The zero-order valence-electron chi connectivity index (χ0n) is 35.7. The number of aromatic nitrogens is 1. The molecule has 4 nitrogen and oxygen atoms in total. The Morgan fingerprint density at radius 1 is 0.333 bits per heavy atom. The molecule has 11 aromatic carbocycles. The largest absolute Gasteiger partial charge is 0.455 e. The molecule has 0 bridgehead atoms. The van der Waals surface area contributed by atoms with E-state index in [0.29, 0.717) is 0 Å². The normalized spacial score (nSPS) is 11.9. The lowest BCUT2D eigenvalue weighted by Crippen LogP contribution is -2.11. The number of hydrogen-bond acceptors (Lipinski definition) is 3. The molecule has 0 radical (unpaired) electrons. The van der Waals surface area contributed by atoms with Gasteiger partial charge in [-0.15, -0.1) is 0 Å². The van der Waals surface area contributed by atoms with Crippen LogP contribution in [0.25, 0.3) is 115 Å². The number of benzene rings is 11. The molecule has 0 spiro atoms. The molecule has 3 heterocycles. The van der Waals surface area contributed by atoms with E-state index < -0.39 is 0 Å². The van der Waals surface area contributed by atoms with Gasteiger partial charge in [-0.3, -0.25) is 0 Å². The zero-order chi connectivity index (χ0) is 43.3. The van der Waals surface area contributed by atoms with Gasteiger partial charge in [0, 0.05) is 54.7 Å². The van der Waals surface area contributed by atoms with Crippen molar-refractivity contribution in [2.75, 3.05) is 4.90 Å². The van der Waals surface area contributed by atoms with Crippen molar-refractivity contribution in [2.45, 2.75) is 0 Å². The summed E-state index contributed by atoms with van der Waals surface area (Å²) in [5.74, 6) is 0. The second-order valence-corrected chi connectivity index (χ2v) is 17.2. The fourth-order valence-electron chi connectivity index (χ4n) is 10.7. The molecule has 14 rings (SSSR count). The van der Waals surface area contributed by atoms with Gasteiger partial charge in [0.05, 0.1) is 33.5 Å². The molecule has 0 saturated heterocycles. The van der Waals surface area contributed by atoms with Crippen molar-refractivity contribution in [2.24, 2.45) is 0 Å². The van der Waals surface area contributed by atoms with Gasteiger partial charge >= 0.3 is 0 Å². The maximum absolute atomic E-state index is 7.13. The number of rotatable bonds is 6. The molecular weight excluding hydrogens is 805 g/mol. The number of fused-ring (bicyclic) bond motifs is 12. The smallest absolute Gasteiger partial charge is 0.145 e. The van der Waals surface area contributed by atoms with Crippen LogP contribution in [0.1, 0.15) is 0 Å². The topological polar surface area (TPSA) is 34.5 Å². The molecule has 0 amide bonds.